The molecule has 4 aromatic heterocycles. The Bertz CT molecular complexity index is 3620. The van der Waals surface area contributed by atoms with Crippen molar-refractivity contribution in [2.75, 3.05) is 98.4 Å². The molecule has 29 nitrogen and oxygen atoms in total. The number of aromatic nitrogens is 8. The molecule has 0 radical (unpaired) electrons. The van der Waals surface area contributed by atoms with Crippen LogP contribution in [0.2, 0.25) is 0 Å². The molecule has 3 amide bonds. The average Bonchev–Trinajstić information content (AvgIpc) is 3.09. The lowest BCUT2D eigenvalue weighted by atomic mass is 10.1. The van der Waals surface area contributed by atoms with Crippen molar-refractivity contribution in [3.63, 3.8) is 0 Å². The lowest BCUT2D eigenvalue weighted by molar-refractivity contribution is -0.133. The molecule has 8 atom stereocenters. The van der Waals surface area contributed by atoms with Crippen LogP contribution < -0.4 is 21.6 Å². The number of aliphatic imine (C=N–C) groups is 1. The van der Waals surface area contributed by atoms with Crippen LogP contribution in [0.4, 0.5) is 17.5 Å². The maximum absolute atomic E-state index is 15.8. The SMILES string of the molecule is CC[C@@H]1CN([P@@](=O)(OC[C@@H]2CN([P@@](=O)(OC[C@@H]3CN(C)C[C@H](n4ccc(NC(=O)c5ccccc5)nc4=O)O3)N(C)C)C[C@H](n3cnc4c3N=C(NC(=O)C(C)C)CC4=O)O2)N(C)C)C[C@H](n2cnc3c(NC(=O)c4ccccc4)ncnc32)O1. The number of benzene rings is 2. The van der Waals surface area contributed by atoms with E-state index in [0.29, 0.717) is 41.8 Å². The Morgan fingerprint density at radius 2 is 1.25 bits per heavy atom. The zero-order valence-electron chi connectivity index (χ0n) is 48.3. The molecule has 4 aliphatic rings. The number of amidine groups is 1. The molecule has 3 saturated heterocycles. The highest BCUT2D eigenvalue weighted by atomic mass is 31.2. The number of likely N-dealkylation sites (N-methyl/N-ethyl adjacent to an activating group) is 1. The van der Waals surface area contributed by atoms with Crippen molar-refractivity contribution in [2.24, 2.45) is 10.9 Å². The summed E-state index contributed by atoms with van der Waals surface area (Å²) in [5, 5.41) is 8.24. The Morgan fingerprint density at radius 1 is 0.682 bits per heavy atom. The molecule has 0 aliphatic carbocycles. The van der Waals surface area contributed by atoms with E-state index >= 15 is 9.13 Å². The van der Waals surface area contributed by atoms with E-state index in [0.717, 1.165) is 0 Å². The standard InChI is InChI=1S/C54H69N17O12P2/c1-9-37-24-67(27-44(81-37)70-33-58-47-48(55-31-56-49(47)70)63-53(75)36-18-14-11-15-19-36)84(77,64(4)5)80-30-39-25-68(28-45(83-39)71-32-57-46-40(72)22-42(59-50(46)71)61-51(73)34(2)3)85(78,65(6)7)79-29-38-23-66(8)26-43(82-38)69-21-20-41(62-54(69)76)60-52(74)35-16-12-10-13-17-35/h10-21,31-34,37-39,43-45H,9,22-30H2,1-8H3,(H,59,61,73)(H,55,56,63,75)(H,60,62,74,76)/t37-,38+,39+,43-,44-,45-,84+,85+/m1/s1. The molecule has 85 heavy (non-hydrogen) atoms. The number of carbonyl (C=O) groups is 4. The number of rotatable bonds is 19. The van der Waals surface area contributed by atoms with Gasteiger partial charge in [0.05, 0.1) is 63.7 Å². The van der Waals surface area contributed by atoms with Crippen LogP contribution in [0.3, 0.4) is 0 Å². The highest BCUT2D eigenvalue weighted by Gasteiger charge is 2.47. The molecule has 452 valence electrons. The van der Waals surface area contributed by atoms with Crippen LogP contribution in [0.25, 0.3) is 11.2 Å². The quantitative estimate of drug-likeness (QED) is 0.0910. The van der Waals surface area contributed by atoms with Crippen molar-refractivity contribution >= 4 is 73.3 Å². The van der Waals surface area contributed by atoms with Gasteiger partial charge in [-0.3, -0.25) is 46.9 Å². The van der Waals surface area contributed by atoms with Crippen molar-refractivity contribution in [2.45, 2.75) is 70.6 Å². The molecule has 10 rings (SSSR count). The van der Waals surface area contributed by atoms with E-state index in [9.17, 15) is 24.0 Å². The number of imidazole rings is 2. The predicted octanol–water partition coefficient (Wildman–Crippen LogP) is 4.88. The number of nitrogens with zero attached hydrogens (tertiary/aromatic N) is 14. The van der Waals surface area contributed by atoms with Crippen LogP contribution in [0.15, 0.2) is 102 Å². The zero-order valence-corrected chi connectivity index (χ0v) is 50.1. The van der Waals surface area contributed by atoms with Gasteiger partial charge in [0.2, 0.25) is 5.91 Å². The van der Waals surface area contributed by atoms with Gasteiger partial charge >= 0.3 is 21.0 Å². The summed E-state index contributed by atoms with van der Waals surface area (Å²) in [5.74, 6) is -1.43. The van der Waals surface area contributed by atoms with Crippen LogP contribution in [0.5, 0.6) is 0 Å². The summed E-state index contributed by atoms with van der Waals surface area (Å²) in [5.41, 5.74) is 0.893. The third-order valence-electron chi connectivity index (χ3n) is 14.7. The largest absolute Gasteiger partial charge is 0.352 e. The third-order valence-corrected chi connectivity index (χ3v) is 19.8. The topological polar surface area (TPSA) is 310 Å². The predicted molar refractivity (Wildman–Crippen MR) is 311 cm³/mol. The van der Waals surface area contributed by atoms with E-state index in [-0.39, 0.29) is 92.4 Å². The van der Waals surface area contributed by atoms with Crippen molar-refractivity contribution in [3.05, 3.63) is 119 Å². The summed E-state index contributed by atoms with van der Waals surface area (Å²) in [7, 11) is 0.265. The minimum atomic E-state index is -4.10. The Balaban J connectivity index is 0.900. The van der Waals surface area contributed by atoms with E-state index in [2.05, 4.69) is 45.9 Å². The molecule has 0 spiro atoms. The number of carbonyl (C=O) groups excluding carboxylic acids is 4. The van der Waals surface area contributed by atoms with Gasteiger partial charge in [-0.15, -0.1) is 0 Å². The Labute approximate surface area is 489 Å². The van der Waals surface area contributed by atoms with Crippen LogP contribution in [-0.4, -0.2) is 198 Å². The van der Waals surface area contributed by atoms with Gasteiger partial charge in [0.15, 0.2) is 40.5 Å². The minimum absolute atomic E-state index is 0.0443. The summed E-state index contributed by atoms with van der Waals surface area (Å²) >= 11 is 0. The molecule has 3 N–H and O–H groups in total. The van der Waals surface area contributed by atoms with Gasteiger partial charge in [-0.25, -0.2) is 48.4 Å². The zero-order chi connectivity index (χ0) is 60.3. The number of amides is 3. The maximum atomic E-state index is 15.8. The van der Waals surface area contributed by atoms with E-state index in [1.807, 2.05) is 24.9 Å². The van der Waals surface area contributed by atoms with Crippen LogP contribution >= 0.6 is 15.3 Å². The van der Waals surface area contributed by atoms with Crippen LogP contribution in [-0.2, 0) is 37.2 Å². The van der Waals surface area contributed by atoms with Gasteiger partial charge in [-0.2, -0.15) is 4.98 Å². The van der Waals surface area contributed by atoms with Gasteiger partial charge in [-0.05, 0) is 72.0 Å². The summed E-state index contributed by atoms with van der Waals surface area (Å²) < 4.78 is 75.3. The normalized spacial score (nSPS) is 23.1. The number of Topliss-reactive ketones (excluding diaryl/α,β-unsaturated/α-hetero) is 1. The monoisotopic (exact) mass is 1210 g/mol. The fraction of sp³-hybridized carbons (Fsp3) is 0.463. The first kappa shape index (κ1) is 61.0. The van der Waals surface area contributed by atoms with Crippen LogP contribution in [0.1, 0.15) is 83.5 Å². The first-order valence-corrected chi connectivity index (χ1v) is 30.8. The fourth-order valence-electron chi connectivity index (χ4n) is 10.2. The smallest absolute Gasteiger partial charge is 0.351 e. The van der Waals surface area contributed by atoms with E-state index < -0.39 is 69.9 Å². The Hall–Kier alpha value is -7.11. The van der Waals surface area contributed by atoms with Crippen molar-refractivity contribution in [3.8, 4) is 0 Å². The van der Waals surface area contributed by atoms with E-state index in [1.165, 1.54) is 49.7 Å². The molecule has 8 heterocycles. The summed E-state index contributed by atoms with van der Waals surface area (Å²) in [6, 6.07) is 18.7. The molecule has 31 heteroatoms. The van der Waals surface area contributed by atoms with Crippen molar-refractivity contribution < 1.29 is 51.6 Å². The lowest BCUT2D eigenvalue weighted by Gasteiger charge is -2.45. The Kier molecular flexibility index (Phi) is 18.5. The number of ether oxygens (including phenoxy) is 3. The second-order valence-electron chi connectivity index (χ2n) is 21.6. The molecule has 0 unspecified atom stereocenters. The summed E-state index contributed by atoms with van der Waals surface area (Å²) in [6.07, 6.45) is 1.26. The number of hydrogen-bond acceptors (Lipinski definition) is 19. The Morgan fingerprint density at radius 3 is 1.85 bits per heavy atom. The third kappa shape index (κ3) is 13.3. The second kappa shape index (κ2) is 25.8. The lowest BCUT2D eigenvalue weighted by Crippen LogP contribution is -2.50. The second-order valence-corrected chi connectivity index (χ2v) is 26.8. The van der Waals surface area contributed by atoms with Gasteiger partial charge in [0.1, 0.15) is 30.4 Å². The van der Waals surface area contributed by atoms with Crippen LogP contribution in [0, 0.1) is 5.92 Å². The number of hydrogen-bond donors (Lipinski definition) is 3. The molecule has 6 aromatic rings. The fourth-order valence-corrected chi connectivity index (χ4v) is 14.2. The van der Waals surface area contributed by atoms with E-state index in [1.54, 1.807) is 111 Å². The highest BCUT2D eigenvalue weighted by Crippen LogP contribution is 2.57. The van der Waals surface area contributed by atoms with Gasteiger partial charge < -0.3 is 39.2 Å². The maximum Gasteiger partial charge on any atom is 0.351 e. The number of anilines is 2. The van der Waals surface area contributed by atoms with E-state index in [4.69, 9.17) is 23.3 Å². The van der Waals surface area contributed by atoms with Crippen molar-refractivity contribution in [1.82, 2.24) is 67.5 Å². The minimum Gasteiger partial charge on any atom is -0.352 e. The summed E-state index contributed by atoms with van der Waals surface area (Å²) in [4.78, 5) is 94.5. The average molecular weight is 1210 g/mol. The first-order valence-electron chi connectivity index (χ1n) is 27.7. The molecule has 3 fully saturated rings. The molecule has 0 saturated carbocycles. The molecular weight excluding hydrogens is 1140 g/mol. The molecule has 2 aromatic carbocycles. The number of morpholine rings is 3. The van der Waals surface area contributed by atoms with Gasteiger partial charge in [-0.1, -0.05) is 57.2 Å². The van der Waals surface area contributed by atoms with Gasteiger partial charge in [0, 0.05) is 49.4 Å². The summed E-state index contributed by atoms with van der Waals surface area (Å²) in [6.45, 7) is 5.56. The van der Waals surface area contributed by atoms with Crippen molar-refractivity contribution in [1.29, 1.82) is 0 Å². The molecular formula is C54H69N17O12P2. The molecule has 0 bridgehead atoms. The number of nitrogens with one attached hydrogen (secondary N) is 3. The first-order chi connectivity index (χ1) is 40.7. The molecule has 4 aliphatic heterocycles. The highest BCUT2D eigenvalue weighted by molar-refractivity contribution is 7.54. The number of fused-ring (bicyclic) bond motifs is 2. The number of ketones is 1. The van der Waals surface area contributed by atoms with Gasteiger partial charge in [0.25, 0.3) is 11.8 Å².